The first kappa shape index (κ1) is 15.0. The van der Waals surface area contributed by atoms with Crippen molar-refractivity contribution in [3.8, 4) is 0 Å². The first-order valence-corrected chi connectivity index (χ1v) is 6.47. The lowest BCUT2D eigenvalue weighted by Crippen LogP contribution is -2.49. The zero-order valence-corrected chi connectivity index (χ0v) is 12.3. The zero-order valence-electron chi connectivity index (χ0n) is 12.3. The Morgan fingerprint density at radius 2 is 1.72 bits per heavy atom. The molecule has 2 atom stereocenters. The molecule has 0 bridgehead atoms. The monoisotopic (exact) mass is 255 g/mol. The van der Waals surface area contributed by atoms with Crippen LogP contribution in [0.4, 0.5) is 0 Å². The molecule has 0 aromatic heterocycles. The first-order valence-electron chi connectivity index (χ1n) is 6.47. The van der Waals surface area contributed by atoms with E-state index in [1.165, 1.54) is 0 Å². The van der Waals surface area contributed by atoms with Crippen molar-refractivity contribution < 1.29 is 14.7 Å². The van der Waals surface area contributed by atoms with E-state index in [0.717, 1.165) is 0 Å². The van der Waals surface area contributed by atoms with Gasteiger partial charge in [0.25, 0.3) is 0 Å². The van der Waals surface area contributed by atoms with Gasteiger partial charge in [-0.15, -0.1) is 0 Å². The minimum Gasteiger partial charge on any atom is -0.481 e. The van der Waals surface area contributed by atoms with E-state index >= 15 is 0 Å². The normalized spacial score (nSPS) is 31.1. The van der Waals surface area contributed by atoms with Crippen LogP contribution < -0.4 is 5.32 Å². The number of amides is 1. The van der Waals surface area contributed by atoms with Gasteiger partial charge in [-0.3, -0.25) is 9.59 Å². The second-order valence-electron chi connectivity index (χ2n) is 7.19. The van der Waals surface area contributed by atoms with Gasteiger partial charge in [0.2, 0.25) is 5.91 Å². The minimum atomic E-state index is -0.826. The number of carbonyl (C=O) groups is 2. The summed E-state index contributed by atoms with van der Waals surface area (Å²) >= 11 is 0. The molecule has 1 fully saturated rings. The molecule has 1 aliphatic rings. The summed E-state index contributed by atoms with van der Waals surface area (Å²) in [5.74, 6) is -1.08. The molecule has 0 heterocycles. The van der Waals surface area contributed by atoms with Crippen molar-refractivity contribution in [2.75, 3.05) is 0 Å². The molecule has 1 saturated carbocycles. The number of carboxylic acid groups (broad SMARTS) is 1. The lowest BCUT2D eigenvalue weighted by Gasteiger charge is -2.38. The molecule has 0 aromatic carbocycles. The fourth-order valence-corrected chi connectivity index (χ4v) is 2.80. The smallest absolute Gasteiger partial charge is 0.309 e. The van der Waals surface area contributed by atoms with Crippen molar-refractivity contribution in [1.29, 1.82) is 0 Å². The van der Waals surface area contributed by atoms with Crippen molar-refractivity contribution in [3.05, 3.63) is 0 Å². The van der Waals surface area contributed by atoms with Gasteiger partial charge < -0.3 is 10.4 Å². The summed E-state index contributed by atoms with van der Waals surface area (Å²) in [7, 11) is 0. The number of carbonyl (C=O) groups excluding carboxylic acids is 1. The number of hydrogen-bond donors (Lipinski definition) is 2. The van der Waals surface area contributed by atoms with Crippen molar-refractivity contribution >= 4 is 11.9 Å². The average Bonchev–Trinajstić information content (AvgIpc) is 2.36. The molecule has 104 valence electrons. The van der Waals surface area contributed by atoms with Gasteiger partial charge in [-0.1, -0.05) is 13.8 Å². The molecule has 1 rings (SSSR count). The predicted octanol–water partition coefficient (Wildman–Crippen LogP) is 2.43. The third-order valence-corrected chi connectivity index (χ3v) is 4.51. The highest BCUT2D eigenvalue weighted by atomic mass is 16.4. The molecule has 1 amide bonds. The van der Waals surface area contributed by atoms with Crippen molar-refractivity contribution in [2.45, 2.75) is 59.9 Å². The highest BCUT2D eigenvalue weighted by Crippen LogP contribution is 2.56. The molecule has 18 heavy (non-hydrogen) atoms. The summed E-state index contributed by atoms with van der Waals surface area (Å²) in [5.41, 5.74) is -1.64. The van der Waals surface area contributed by atoms with Crippen LogP contribution in [0.25, 0.3) is 0 Å². The number of rotatable bonds is 2. The van der Waals surface area contributed by atoms with E-state index in [1.807, 2.05) is 34.6 Å². The topological polar surface area (TPSA) is 66.4 Å². The van der Waals surface area contributed by atoms with Crippen LogP contribution in [-0.2, 0) is 9.59 Å². The Kier molecular flexibility index (Phi) is 3.54. The second kappa shape index (κ2) is 4.25. The maximum Gasteiger partial charge on any atom is 0.309 e. The molecule has 4 nitrogen and oxygen atoms in total. The summed E-state index contributed by atoms with van der Waals surface area (Å²) in [6.07, 6.45) is 1.19. The van der Waals surface area contributed by atoms with Crippen LogP contribution in [0.5, 0.6) is 0 Å². The van der Waals surface area contributed by atoms with Crippen LogP contribution in [0.15, 0.2) is 0 Å². The van der Waals surface area contributed by atoms with Crippen molar-refractivity contribution in [3.63, 3.8) is 0 Å². The van der Waals surface area contributed by atoms with Gasteiger partial charge in [-0.05, 0) is 46.0 Å². The predicted molar refractivity (Wildman–Crippen MR) is 70.1 cm³/mol. The average molecular weight is 255 g/mol. The lowest BCUT2D eigenvalue weighted by atomic mass is 9.65. The first-order chi connectivity index (χ1) is 7.92. The van der Waals surface area contributed by atoms with E-state index in [2.05, 4.69) is 5.32 Å². The Hall–Kier alpha value is -1.06. The lowest BCUT2D eigenvalue weighted by molar-refractivity contribution is -0.155. The van der Waals surface area contributed by atoms with Gasteiger partial charge >= 0.3 is 5.97 Å². The van der Waals surface area contributed by atoms with E-state index in [9.17, 15) is 14.7 Å². The van der Waals surface area contributed by atoms with E-state index in [4.69, 9.17) is 0 Å². The molecule has 0 aliphatic heterocycles. The molecule has 0 aromatic rings. The van der Waals surface area contributed by atoms with Gasteiger partial charge in [-0.2, -0.15) is 0 Å². The number of carboxylic acids is 1. The summed E-state index contributed by atoms with van der Waals surface area (Å²) in [6, 6.07) is 0. The molecular formula is C14H25NO3. The standard InChI is InChI=1S/C14H25NO3/c1-12(2,3)15-10(16)9-7-8-14(6,11(17)18)13(9,4)5/h9H,7-8H2,1-6H3,(H,15,16)(H,17,18). The van der Waals surface area contributed by atoms with Crippen LogP contribution in [0.3, 0.4) is 0 Å². The third-order valence-electron chi connectivity index (χ3n) is 4.51. The van der Waals surface area contributed by atoms with Crippen molar-refractivity contribution in [2.24, 2.45) is 16.7 Å². The van der Waals surface area contributed by atoms with E-state index < -0.39 is 16.8 Å². The van der Waals surface area contributed by atoms with Gasteiger partial charge in [0.05, 0.1) is 5.41 Å². The van der Waals surface area contributed by atoms with Gasteiger partial charge in [0.1, 0.15) is 0 Å². The summed E-state index contributed by atoms with van der Waals surface area (Å²) in [6.45, 7) is 11.3. The molecule has 0 saturated heterocycles. The van der Waals surface area contributed by atoms with Crippen LogP contribution in [0.1, 0.15) is 54.4 Å². The largest absolute Gasteiger partial charge is 0.481 e. The Balaban J connectivity index is 2.95. The molecular weight excluding hydrogens is 230 g/mol. The van der Waals surface area contributed by atoms with Crippen LogP contribution in [0.2, 0.25) is 0 Å². The quantitative estimate of drug-likeness (QED) is 0.796. The van der Waals surface area contributed by atoms with Gasteiger partial charge in [-0.25, -0.2) is 0 Å². The third kappa shape index (κ3) is 2.38. The summed E-state index contributed by atoms with van der Waals surface area (Å²) in [5, 5.41) is 12.4. The Labute approximate surface area is 109 Å². The Morgan fingerprint density at radius 3 is 2.06 bits per heavy atom. The van der Waals surface area contributed by atoms with Crippen LogP contribution >= 0.6 is 0 Å². The summed E-state index contributed by atoms with van der Waals surface area (Å²) in [4.78, 5) is 23.7. The number of hydrogen-bond acceptors (Lipinski definition) is 2. The second-order valence-corrected chi connectivity index (χ2v) is 7.19. The van der Waals surface area contributed by atoms with Gasteiger partial charge in [0.15, 0.2) is 0 Å². The molecule has 4 heteroatoms. The number of nitrogens with one attached hydrogen (secondary N) is 1. The fraction of sp³-hybridized carbons (Fsp3) is 0.857. The highest BCUT2D eigenvalue weighted by Gasteiger charge is 2.58. The Morgan fingerprint density at radius 1 is 1.22 bits per heavy atom. The van der Waals surface area contributed by atoms with E-state index in [0.29, 0.717) is 12.8 Å². The molecule has 2 N–H and O–H groups in total. The maximum absolute atomic E-state index is 12.3. The molecule has 0 radical (unpaired) electrons. The molecule has 2 unspecified atom stereocenters. The van der Waals surface area contributed by atoms with Crippen molar-refractivity contribution in [1.82, 2.24) is 5.32 Å². The highest BCUT2D eigenvalue weighted by molar-refractivity contribution is 5.84. The fourth-order valence-electron chi connectivity index (χ4n) is 2.80. The van der Waals surface area contributed by atoms with Crippen LogP contribution in [-0.4, -0.2) is 22.5 Å². The Bertz CT molecular complexity index is 368. The van der Waals surface area contributed by atoms with E-state index in [-0.39, 0.29) is 17.4 Å². The zero-order chi connectivity index (χ0) is 14.4. The molecule has 0 spiro atoms. The van der Waals surface area contributed by atoms with Gasteiger partial charge in [0, 0.05) is 11.5 Å². The minimum absolute atomic E-state index is 0.0301. The van der Waals surface area contributed by atoms with Crippen LogP contribution in [0, 0.1) is 16.7 Å². The SMILES string of the molecule is CC(C)(C)NC(=O)C1CCC(C)(C(=O)O)C1(C)C. The summed E-state index contributed by atoms with van der Waals surface area (Å²) < 4.78 is 0. The maximum atomic E-state index is 12.3. The van der Waals surface area contributed by atoms with E-state index in [1.54, 1.807) is 6.92 Å². The number of aliphatic carboxylic acids is 1. The molecule has 1 aliphatic carbocycles.